The summed E-state index contributed by atoms with van der Waals surface area (Å²) >= 11 is 0. The Hall–Kier alpha value is -2.75. The lowest BCUT2D eigenvalue weighted by molar-refractivity contribution is -0.567. The third-order valence-corrected chi connectivity index (χ3v) is 3.29. The number of hydrogen-bond donors (Lipinski definition) is 1. The van der Waals surface area contributed by atoms with E-state index in [0.717, 1.165) is 27.6 Å². The van der Waals surface area contributed by atoms with Crippen molar-refractivity contribution in [2.75, 3.05) is 0 Å². The van der Waals surface area contributed by atoms with Crippen molar-refractivity contribution in [3.05, 3.63) is 61.3 Å². The second-order valence-electron chi connectivity index (χ2n) is 4.39. The molecule has 19 heavy (non-hydrogen) atoms. The second-order valence-corrected chi connectivity index (χ2v) is 4.39. The lowest BCUT2D eigenvalue weighted by Gasteiger charge is -2.04. The maximum absolute atomic E-state index is 4.39. The Labute approximate surface area is 109 Å². The van der Waals surface area contributed by atoms with Crippen LogP contribution < -0.4 is 4.57 Å². The first-order valence-electron chi connectivity index (χ1n) is 6.10. The maximum Gasteiger partial charge on any atom is 0.353 e. The molecule has 4 nitrogen and oxygen atoms in total. The molecule has 3 heterocycles. The number of aromatic amines is 1. The molecule has 0 bridgehead atoms. The molecule has 0 saturated carbocycles. The summed E-state index contributed by atoms with van der Waals surface area (Å²) in [5.74, 6) is 0. The number of benzene rings is 1. The number of H-pyrrole nitrogens is 1. The molecule has 4 aromatic rings. The molecule has 0 aliphatic rings. The average Bonchev–Trinajstić information content (AvgIpc) is 2.95. The van der Waals surface area contributed by atoms with E-state index in [1.54, 1.807) is 6.33 Å². The van der Waals surface area contributed by atoms with Crippen LogP contribution in [0.15, 0.2) is 61.3 Å². The molecule has 0 atom stereocenters. The fourth-order valence-corrected chi connectivity index (χ4v) is 2.42. The Balaban J connectivity index is 2.12. The molecular weight excluding hydrogens is 236 g/mol. The molecule has 0 saturated heterocycles. The average molecular weight is 247 g/mol. The Bertz CT molecular complexity index is 874. The molecule has 4 heteroatoms. The molecule has 0 radical (unpaired) electrons. The van der Waals surface area contributed by atoms with Crippen LogP contribution in [0.25, 0.3) is 27.6 Å². The van der Waals surface area contributed by atoms with Gasteiger partial charge in [0.25, 0.3) is 0 Å². The van der Waals surface area contributed by atoms with Crippen molar-refractivity contribution in [1.29, 1.82) is 0 Å². The van der Waals surface area contributed by atoms with Gasteiger partial charge in [-0.05, 0) is 29.2 Å². The molecule has 1 N–H and O–H groups in total. The van der Waals surface area contributed by atoms with Gasteiger partial charge in [-0.3, -0.25) is 4.98 Å². The van der Waals surface area contributed by atoms with Crippen molar-refractivity contribution >= 4 is 21.9 Å². The summed E-state index contributed by atoms with van der Waals surface area (Å²) in [6, 6.07) is 12.3. The van der Waals surface area contributed by atoms with Crippen molar-refractivity contribution in [2.45, 2.75) is 0 Å². The van der Waals surface area contributed by atoms with Crippen LogP contribution in [0.5, 0.6) is 0 Å². The van der Waals surface area contributed by atoms with E-state index in [4.69, 9.17) is 0 Å². The molecule has 90 valence electrons. The highest BCUT2D eigenvalue weighted by atomic mass is 15.1. The minimum Gasteiger partial charge on any atom is -0.318 e. The monoisotopic (exact) mass is 247 g/mol. The lowest BCUT2D eigenvalue weighted by Crippen LogP contribution is -2.31. The maximum atomic E-state index is 4.39. The van der Waals surface area contributed by atoms with Gasteiger partial charge in [0.05, 0.1) is 6.20 Å². The Kier molecular flexibility index (Phi) is 2.08. The lowest BCUT2D eigenvalue weighted by atomic mass is 10.1. The van der Waals surface area contributed by atoms with Crippen LogP contribution in [0.2, 0.25) is 0 Å². The summed E-state index contributed by atoms with van der Waals surface area (Å²) < 4.78 is 2.09. The van der Waals surface area contributed by atoms with Crippen molar-refractivity contribution < 1.29 is 4.57 Å². The van der Waals surface area contributed by atoms with E-state index >= 15 is 0 Å². The van der Waals surface area contributed by atoms with Gasteiger partial charge in [-0.15, -0.1) is 0 Å². The van der Waals surface area contributed by atoms with Crippen LogP contribution in [0, 0.1) is 0 Å². The Morgan fingerprint density at radius 2 is 2.05 bits per heavy atom. The van der Waals surface area contributed by atoms with Crippen LogP contribution in [0.4, 0.5) is 0 Å². The second kappa shape index (κ2) is 3.88. The summed E-state index contributed by atoms with van der Waals surface area (Å²) in [6.07, 6.45) is 7.44. The zero-order chi connectivity index (χ0) is 12.7. The Morgan fingerprint density at radius 3 is 3.05 bits per heavy atom. The first kappa shape index (κ1) is 10.2. The van der Waals surface area contributed by atoms with E-state index < -0.39 is 0 Å². The third kappa shape index (κ3) is 1.50. The zero-order valence-corrected chi connectivity index (χ0v) is 10.1. The highest BCUT2D eigenvalue weighted by molar-refractivity contribution is 5.88. The van der Waals surface area contributed by atoms with Crippen molar-refractivity contribution in [1.82, 2.24) is 15.0 Å². The van der Waals surface area contributed by atoms with Crippen LogP contribution in [0.1, 0.15) is 0 Å². The van der Waals surface area contributed by atoms with Gasteiger partial charge in [-0.1, -0.05) is 12.1 Å². The van der Waals surface area contributed by atoms with Crippen molar-refractivity contribution in [2.24, 2.45) is 0 Å². The highest BCUT2D eigenvalue weighted by Gasteiger charge is 2.14. The number of nitrogens with zero attached hydrogens (tertiary/aromatic N) is 3. The molecule has 0 spiro atoms. The fraction of sp³-hybridized carbons (Fsp3) is 0. The van der Waals surface area contributed by atoms with E-state index in [1.165, 1.54) is 0 Å². The topological polar surface area (TPSA) is 45.5 Å². The summed E-state index contributed by atoms with van der Waals surface area (Å²) in [6.45, 7) is 0. The van der Waals surface area contributed by atoms with Crippen LogP contribution >= 0.6 is 0 Å². The largest absolute Gasteiger partial charge is 0.353 e. The van der Waals surface area contributed by atoms with Gasteiger partial charge in [0.1, 0.15) is 11.2 Å². The Morgan fingerprint density at radius 1 is 1.05 bits per heavy atom. The molecule has 3 aromatic heterocycles. The molecule has 0 unspecified atom stereocenters. The third-order valence-electron chi connectivity index (χ3n) is 3.29. The molecule has 4 rings (SSSR count). The number of pyridine rings is 2. The standard InChI is InChI=1S/C15H10N4/c1-3-11-9-16-7-6-12(11)14(5-1)19-8-2-4-13-15(19)18-10-17-13/h1-10H/p+1. The quantitative estimate of drug-likeness (QED) is 0.525. The predicted molar refractivity (Wildman–Crippen MR) is 72.9 cm³/mol. The fourth-order valence-electron chi connectivity index (χ4n) is 2.42. The zero-order valence-electron chi connectivity index (χ0n) is 10.1. The number of fused-ring (bicyclic) bond motifs is 2. The van der Waals surface area contributed by atoms with Gasteiger partial charge in [0.15, 0.2) is 0 Å². The van der Waals surface area contributed by atoms with E-state index in [0.29, 0.717) is 0 Å². The van der Waals surface area contributed by atoms with E-state index in [-0.39, 0.29) is 0 Å². The van der Waals surface area contributed by atoms with Crippen LogP contribution in [-0.2, 0) is 0 Å². The summed E-state index contributed by atoms with van der Waals surface area (Å²) in [5.41, 5.74) is 3.05. The number of imidazole rings is 1. The number of rotatable bonds is 1. The first-order chi connectivity index (χ1) is 9.43. The van der Waals surface area contributed by atoms with Crippen molar-refractivity contribution in [3.63, 3.8) is 0 Å². The highest BCUT2D eigenvalue weighted by Crippen LogP contribution is 2.18. The number of aromatic nitrogens is 4. The molecule has 0 aliphatic heterocycles. The number of nitrogens with one attached hydrogen (secondary N) is 1. The predicted octanol–water partition coefficient (Wildman–Crippen LogP) is 2.39. The molecule has 0 amide bonds. The van der Waals surface area contributed by atoms with Crippen LogP contribution in [-0.4, -0.2) is 15.0 Å². The summed E-state index contributed by atoms with van der Waals surface area (Å²) in [4.78, 5) is 11.7. The molecular formula is C15H11N4+. The van der Waals surface area contributed by atoms with Gasteiger partial charge >= 0.3 is 5.65 Å². The van der Waals surface area contributed by atoms with E-state index in [2.05, 4.69) is 31.7 Å². The number of hydrogen-bond acceptors (Lipinski definition) is 2. The first-order valence-corrected chi connectivity index (χ1v) is 6.10. The summed E-state index contributed by atoms with van der Waals surface area (Å²) in [7, 11) is 0. The van der Waals surface area contributed by atoms with Gasteiger partial charge in [-0.2, -0.15) is 4.57 Å². The summed E-state index contributed by atoms with van der Waals surface area (Å²) in [5, 5.41) is 2.29. The minimum absolute atomic E-state index is 0.923. The normalized spacial score (nSPS) is 11.2. The SMILES string of the molecule is c1cc(-[n+]2cccc3[nH]cnc32)c2ccncc2c1. The van der Waals surface area contributed by atoms with Gasteiger partial charge < -0.3 is 4.98 Å². The minimum atomic E-state index is 0.923. The van der Waals surface area contributed by atoms with Gasteiger partial charge in [-0.25, -0.2) is 0 Å². The molecule has 1 aromatic carbocycles. The van der Waals surface area contributed by atoms with Gasteiger partial charge in [0, 0.05) is 23.2 Å². The van der Waals surface area contributed by atoms with E-state index in [9.17, 15) is 0 Å². The molecule has 0 aliphatic carbocycles. The van der Waals surface area contributed by atoms with Crippen molar-refractivity contribution in [3.8, 4) is 5.69 Å². The van der Waals surface area contributed by atoms with E-state index in [1.807, 2.05) is 42.9 Å². The van der Waals surface area contributed by atoms with Crippen LogP contribution in [0.3, 0.4) is 0 Å². The smallest absolute Gasteiger partial charge is 0.318 e. The van der Waals surface area contributed by atoms with Gasteiger partial charge in [0.2, 0.25) is 6.33 Å². The molecule has 0 fully saturated rings.